The molecule has 0 aromatic rings. The van der Waals surface area contributed by atoms with E-state index in [1.54, 1.807) is 0 Å². The molecule has 0 spiro atoms. The predicted molar refractivity (Wildman–Crippen MR) is 309 cm³/mol. The smallest absolute Gasteiger partial charge is 0.193 e. The summed E-state index contributed by atoms with van der Waals surface area (Å²) in [5, 5.41) is -0.178. The van der Waals surface area contributed by atoms with E-state index in [0.717, 1.165) is 24.8 Å². The number of hydrogen-bond donors (Lipinski definition) is 0. The van der Waals surface area contributed by atoms with Crippen molar-refractivity contribution in [1.29, 1.82) is 0 Å². The minimum Gasteiger partial charge on any atom is -0.414 e. The average Bonchev–Trinajstić information content (AvgIpc) is 3.86. The molecular weight excluding hydrogens is 925 g/mol. The van der Waals surface area contributed by atoms with Gasteiger partial charge in [-0.1, -0.05) is 155 Å². The first-order valence-electron chi connectivity index (χ1n) is 26.5. The molecule has 0 bridgehead atoms. The van der Waals surface area contributed by atoms with Crippen LogP contribution in [0.15, 0.2) is 36.5 Å². The first-order chi connectivity index (χ1) is 30.0. The molecule has 0 aromatic carbocycles. The van der Waals surface area contributed by atoms with E-state index in [2.05, 4.69) is 216 Å². The SMILES string of the molecule is C=C[C@@H]1O[C@H]1C[C@H](C)CC(=C)/C=C(\C)[C@@H](C)C[C@@H](CC(=O)[C@H](O[Si](C)(C)C(C)(C)C)[C@@H](O[Si](C)(C)C(C)(C)C)[C@H](C)C[C@H](CO[Si](C)(C)C(C)(C)C)O[Si](C)(C)C(C)(C)C)O[Si](C)(C)C(C)(C)C. The summed E-state index contributed by atoms with van der Waals surface area (Å²) in [4.78, 5) is 15.9. The molecule has 0 aliphatic carbocycles. The summed E-state index contributed by atoms with van der Waals surface area (Å²) >= 11 is 0. The van der Waals surface area contributed by atoms with E-state index >= 15 is 4.79 Å². The van der Waals surface area contributed by atoms with Crippen molar-refractivity contribution in [2.24, 2.45) is 17.8 Å². The Hall–Kier alpha value is -0.266. The zero-order chi connectivity index (χ0) is 53.8. The number of carbonyl (C=O) groups is 1. The first kappa shape index (κ1) is 65.7. The topological polar surface area (TPSA) is 75.8 Å². The van der Waals surface area contributed by atoms with Crippen LogP contribution in [0.2, 0.25) is 90.7 Å². The lowest BCUT2D eigenvalue weighted by Crippen LogP contribution is -2.57. The molecular formula is C56H114O7Si5. The number of rotatable bonds is 27. The molecule has 1 saturated heterocycles. The van der Waals surface area contributed by atoms with Gasteiger partial charge in [-0.15, -0.1) is 6.58 Å². The van der Waals surface area contributed by atoms with Crippen LogP contribution >= 0.6 is 0 Å². The Morgan fingerprint density at radius 3 is 1.43 bits per heavy atom. The lowest BCUT2D eigenvalue weighted by atomic mass is 9.88. The molecule has 0 saturated carbocycles. The Bertz CT molecular complexity index is 1670. The highest BCUT2D eigenvalue weighted by Gasteiger charge is 2.50. The van der Waals surface area contributed by atoms with Crippen LogP contribution in [0.5, 0.6) is 0 Å². The Morgan fingerprint density at radius 2 is 1.01 bits per heavy atom. The number of allylic oxidation sites excluding steroid dienone is 3. The summed E-state index contributed by atoms with van der Waals surface area (Å²) in [6.45, 7) is 75.5. The molecule has 1 heterocycles. The molecule has 12 heteroatoms. The van der Waals surface area contributed by atoms with E-state index in [9.17, 15) is 0 Å². The minimum atomic E-state index is -2.54. The van der Waals surface area contributed by atoms with E-state index in [0.29, 0.717) is 18.9 Å². The Labute approximate surface area is 428 Å². The summed E-state index contributed by atoms with van der Waals surface area (Å²) in [7, 11) is -11.7. The standard InChI is InChI=1S/C56H114O7Si5/c1-32-48-49(59-48)35-41(3)33-40(2)34-42(4)43(5)36-45(60-65(24,25)53(10,11)12)38-47(57)51(63-68(30,31)56(19,20)21)50(62-67(28,29)55(16,17)18)44(6)37-46(61-66(26,27)54(13,14)15)39-58-64(22,23)52(7,8)9/h32,34,41,43-46,48-51H,1-2,33,35-39H2,3-31H3/b42-34+/t41-,43+,44-,45+,46-,48+,49+,50+,51+/m1/s1. The number of carbonyl (C=O) groups excluding carboxylic acids is 1. The molecule has 0 N–H and O–H groups in total. The van der Waals surface area contributed by atoms with Crippen LogP contribution in [0.1, 0.15) is 164 Å². The highest BCUT2D eigenvalue weighted by molar-refractivity contribution is 6.76. The van der Waals surface area contributed by atoms with Crippen molar-refractivity contribution in [3.05, 3.63) is 36.5 Å². The van der Waals surface area contributed by atoms with Crippen molar-refractivity contribution in [2.75, 3.05) is 6.61 Å². The maximum absolute atomic E-state index is 15.9. The fourth-order valence-corrected chi connectivity index (χ4v) is 13.7. The Kier molecular flexibility index (Phi) is 23.2. The second kappa shape index (κ2) is 23.9. The van der Waals surface area contributed by atoms with Gasteiger partial charge in [-0.2, -0.15) is 0 Å². The van der Waals surface area contributed by atoms with Gasteiger partial charge >= 0.3 is 0 Å². The summed E-state index contributed by atoms with van der Waals surface area (Å²) in [6.07, 6.45) is 6.54. The van der Waals surface area contributed by atoms with Gasteiger partial charge in [-0.05, 0) is 141 Å². The van der Waals surface area contributed by atoms with Crippen LogP contribution in [0.25, 0.3) is 0 Å². The third kappa shape index (κ3) is 19.5. The molecule has 0 aromatic heterocycles. The maximum atomic E-state index is 15.9. The van der Waals surface area contributed by atoms with Gasteiger partial charge in [0.05, 0.1) is 31.0 Å². The van der Waals surface area contributed by atoms with Gasteiger partial charge in [0, 0.05) is 6.42 Å². The molecule has 1 rings (SSSR count). The first-order valence-corrected chi connectivity index (χ1v) is 41.1. The number of epoxide rings is 1. The third-order valence-electron chi connectivity index (χ3n) is 17.6. The van der Waals surface area contributed by atoms with E-state index in [4.69, 9.17) is 26.9 Å². The van der Waals surface area contributed by atoms with E-state index < -0.39 is 53.8 Å². The van der Waals surface area contributed by atoms with Crippen molar-refractivity contribution >= 4 is 47.4 Å². The molecule has 0 amide bonds. The van der Waals surface area contributed by atoms with Gasteiger partial charge in [-0.25, -0.2) is 0 Å². The quantitative estimate of drug-likeness (QED) is 0.0351. The summed E-state index contributed by atoms with van der Waals surface area (Å²) < 4.78 is 42.7. The average molecular weight is 1040 g/mol. The highest BCUT2D eigenvalue weighted by Crippen LogP contribution is 2.45. The Morgan fingerprint density at radius 1 is 0.603 bits per heavy atom. The monoisotopic (exact) mass is 1040 g/mol. The van der Waals surface area contributed by atoms with Gasteiger partial charge in [0.15, 0.2) is 47.4 Å². The molecule has 1 aliphatic heterocycles. The predicted octanol–water partition coefficient (Wildman–Crippen LogP) is 17.5. The molecule has 68 heavy (non-hydrogen) atoms. The van der Waals surface area contributed by atoms with Crippen molar-refractivity contribution in [3.8, 4) is 0 Å². The molecule has 400 valence electrons. The van der Waals surface area contributed by atoms with E-state index in [-0.39, 0.29) is 73.6 Å². The number of ether oxygens (including phenoxy) is 1. The van der Waals surface area contributed by atoms with Crippen molar-refractivity contribution < 1.29 is 31.7 Å². The number of hydrogen-bond acceptors (Lipinski definition) is 7. The van der Waals surface area contributed by atoms with Crippen LogP contribution in [0.3, 0.4) is 0 Å². The molecule has 1 fully saturated rings. The fourth-order valence-electron chi connectivity index (χ4n) is 7.31. The molecule has 0 unspecified atom stereocenters. The molecule has 9 atom stereocenters. The van der Waals surface area contributed by atoms with Gasteiger partial charge in [-0.3, -0.25) is 4.79 Å². The second-order valence-corrected chi connectivity index (χ2v) is 53.0. The van der Waals surface area contributed by atoms with Crippen LogP contribution in [0, 0.1) is 17.8 Å². The summed E-state index contributed by atoms with van der Waals surface area (Å²) in [5.41, 5.74) is 2.39. The summed E-state index contributed by atoms with van der Waals surface area (Å²) in [5.74, 6) is 0.644. The van der Waals surface area contributed by atoms with Crippen molar-refractivity contribution in [3.63, 3.8) is 0 Å². The highest BCUT2D eigenvalue weighted by atomic mass is 28.4. The van der Waals surface area contributed by atoms with Gasteiger partial charge in [0.2, 0.25) is 0 Å². The van der Waals surface area contributed by atoms with Gasteiger partial charge in [0.25, 0.3) is 0 Å². The van der Waals surface area contributed by atoms with Crippen LogP contribution in [0.4, 0.5) is 0 Å². The zero-order valence-corrected chi connectivity index (χ0v) is 55.4. The van der Waals surface area contributed by atoms with E-state index in [1.807, 2.05) is 6.08 Å². The van der Waals surface area contributed by atoms with E-state index in [1.165, 1.54) is 5.57 Å². The summed E-state index contributed by atoms with van der Waals surface area (Å²) in [6, 6.07) is 0. The number of ketones is 1. The number of Topliss-reactive ketones (excluding diaryl/α,β-unsaturated/α-hetero) is 1. The van der Waals surface area contributed by atoms with Crippen LogP contribution in [-0.4, -0.2) is 90.6 Å². The van der Waals surface area contributed by atoms with Crippen molar-refractivity contribution in [1.82, 2.24) is 0 Å². The van der Waals surface area contributed by atoms with Crippen LogP contribution in [-0.2, 0) is 31.7 Å². The normalized spacial score (nSPS) is 20.9. The van der Waals surface area contributed by atoms with Gasteiger partial charge < -0.3 is 26.9 Å². The van der Waals surface area contributed by atoms with Gasteiger partial charge in [0.1, 0.15) is 12.2 Å². The molecule has 1 aliphatic rings. The largest absolute Gasteiger partial charge is 0.414 e. The fraction of sp³-hybridized carbons (Fsp3) is 0.875. The Balaban J connectivity index is 4.00. The minimum absolute atomic E-state index is 0.0168. The molecule has 0 radical (unpaired) electrons. The second-order valence-electron chi connectivity index (χ2n) is 29.2. The lowest BCUT2D eigenvalue weighted by molar-refractivity contribution is -0.135. The third-order valence-corrected chi connectivity index (χ3v) is 40.1. The van der Waals surface area contributed by atoms with Crippen LogP contribution < -0.4 is 0 Å². The van der Waals surface area contributed by atoms with Crippen molar-refractivity contribution in [2.45, 2.75) is 291 Å². The lowest BCUT2D eigenvalue weighted by Gasteiger charge is -2.47. The molecule has 7 nitrogen and oxygen atoms in total. The maximum Gasteiger partial charge on any atom is 0.193 e. The zero-order valence-electron chi connectivity index (χ0n) is 50.4.